The van der Waals surface area contributed by atoms with Gasteiger partial charge in [0, 0.05) is 15.9 Å². The molecule has 20 heavy (non-hydrogen) atoms. The lowest BCUT2D eigenvalue weighted by Gasteiger charge is -2.16. The molecule has 2 rings (SSSR count). The van der Waals surface area contributed by atoms with Crippen molar-refractivity contribution >= 4 is 27.5 Å². The van der Waals surface area contributed by atoms with Crippen LogP contribution < -0.4 is 4.74 Å². The number of methoxy groups -OCH3 is 1. The van der Waals surface area contributed by atoms with Crippen molar-refractivity contribution in [1.82, 2.24) is 0 Å². The van der Waals surface area contributed by atoms with Crippen molar-refractivity contribution in [2.75, 3.05) is 7.11 Å². The Morgan fingerprint density at radius 3 is 2.70 bits per heavy atom. The van der Waals surface area contributed by atoms with Crippen LogP contribution in [0.15, 0.2) is 40.9 Å². The van der Waals surface area contributed by atoms with Crippen LogP contribution in [0.2, 0.25) is 5.02 Å². The minimum absolute atomic E-state index is 0.459. The maximum atomic E-state index is 10.5. The van der Waals surface area contributed by atoms with Gasteiger partial charge in [-0.05, 0) is 53.9 Å². The summed E-state index contributed by atoms with van der Waals surface area (Å²) >= 11 is 9.45. The Morgan fingerprint density at radius 1 is 1.25 bits per heavy atom. The third-order valence-corrected chi connectivity index (χ3v) is 3.98. The monoisotopic (exact) mass is 354 g/mol. The molecule has 0 saturated heterocycles. The van der Waals surface area contributed by atoms with Crippen LogP contribution in [-0.4, -0.2) is 12.2 Å². The number of hydrogen-bond donors (Lipinski definition) is 1. The van der Waals surface area contributed by atoms with Crippen LogP contribution in [0.5, 0.6) is 5.75 Å². The van der Waals surface area contributed by atoms with E-state index in [0.717, 1.165) is 26.9 Å². The molecule has 2 nitrogen and oxygen atoms in total. The van der Waals surface area contributed by atoms with E-state index in [0.29, 0.717) is 11.4 Å². The molecular formula is C16H16BrClO2. The molecule has 0 saturated carbocycles. The third kappa shape index (κ3) is 3.54. The van der Waals surface area contributed by atoms with E-state index in [9.17, 15) is 5.11 Å². The summed E-state index contributed by atoms with van der Waals surface area (Å²) in [5.41, 5.74) is 2.86. The normalized spacial score (nSPS) is 12.2. The molecule has 2 aromatic carbocycles. The predicted molar refractivity (Wildman–Crippen MR) is 85.5 cm³/mol. The van der Waals surface area contributed by atoms with Crippen LogP contribution in [0.3, 0.4) is 0 Å². The number of ether oxygens (including phenoxy) is 1. The van der Waals surface area contributed by atoms with E-state index < -0.39 is 6.10 Å². The second-order valence-corrected chi connectivity index (χ2v) is 6.03. The topological polar surface area (TPSA) is 29.5 Å². The molecule has 106 valence electrons. The highest BCUT2D eigenvalue weighted by atomic mass is 79.9. The SMILES string of the molecule is COc1ccc(Cl)cc1CC(O)c1cc(Br)ccc1C. The zero-order valence-corrected chi connectivity index (χ0v) is 13.7. The summed E-state index contributed by atoms with van der Waals surface area (Å²) < 4.78 is 6.27. The highest BCUT2D eigenvalue weighted by molar-refractivity contribution is 9.10. The second-order valence-electron chi connectivity index (χ2n) is 4.68. The van der Waals surface area contributed by atoms with Crippen LogP contribution in [-0.2, 0) is 6.42 Å². The van der Waals surface area contributed by atoms with Gasteiger partial charge in [-0.3, -0.25) is 0 Å². The molecule has 0 fully saturated rings. The highest BCUT2D eigenvalue weighted by Gasteiger charge is 2.15. The maximum absolute atomic E-state index is 10.5. The number of aliphatic hydroxyl groups is 1. The minimum atomic E-state index is -0.597. The van der Waals surface area contributed by atoms with E-state index >= 15 is 0 Å². The number of benzene rings is 2. The second kappa shape index (κ2) is 6.61. The van der Waals surface area contributed by atoms with Crippen molar-refractivity contribution in [3.05, 3.63) is 62.6 Å². The van der Waals surface area contributed by atoms with Crippen LogP contribution in [0.4, 0.5) is 0 Å². The Bertz CT molecular complexity index is 613. The molecule has 1 atom stereocenters. The van der Waals surface area contributed by atoms with Crippen molar-refractivity contribution in [3.63, 3.8) is 0 Å². The first kappa shape index (κ1) is 15.4. The van der Waals surface area contributed by atoms with Crippen LogP contribution in [0, 0.1) is 6.92 Å². The fraction of sp³-hybridized carbons (Fsp3) is 0.250. The largest absolute Gasteiger partial charge is 0.496 e. The molecule has 0 aliphatic heterocycles. The predicted octanol–water partition coefficient (Wildman–Crippen LogP) is 4.70. The third-order valence-electron chi connectivity index (χ3n) is 3.26. The lowest BCUT2D eigenvalue weighted by Crippen LogP contribution is -2.05. The quantitative estimate of drug-likeness (QED) is 0.861. The Kier molecular flexibility index (Phi) is 5.08. The molecule has 1 unspecified atom stereocenters. The van der Waals surface area contributed by atoms with Crippen molar-refractivity contribution in [1.29, 1.82) is 0 Å². The summed E-state index contributed by atoms with van der Waals surface area (Å²) in [7, 11) is 1.61. The lowest BCUT2D eigenvalue weighted by molar-refractivity contribution is 0.176. The first-order valence-electron chi connectivity index (χ1n) is 6.28. The van der Waals surface area contributed by atoms with Gasteiger partial charge in [0.05, 0.1) is 13.2 Å². The molecule has 0 radical (unpaired) electrons. The van der Waals surface area contributed by atoms with Gasteiger partial charge < -0.3 is 9.84 Å². The van der Waals surface area contributed by atoms with Crippen LogP contribution in [0.1, 0.15) is 22.8 Å². The number of hydrogen-bond acceptors (Lipinski definition) is 2. The summed E-state index contributed by atoms with van der Waals surface area (Å²) in [6.07, 6.45) is -0.138. The summed E-state index contributed by atoms with van der Waals surface area (Å²) in [6, 6.07) is 11.3. The Hall–Kier alpha value is -1.03. The van der Waals surface area contributed by atoms with E-state index in [4.69, 9.17) is 16.3 Å². The highest BCUT2D eigenvalue weighted by Crippen LogP contribution is 2.30. The summed E-state index contributed by atoms with van der Waals surface area (Å²) in [6.45, 7) is 1.99. The van der Waals surface area contributed by atoms with E-state index in [-0.39, 0.29) is 0 Å². The summed E-state index contributed by atoms with van der Waals surface area (Å²) in [4.78, 5) is 0. The van der Waals surface area contributed by atoms with Crippen LogP contribution >= 0.6 is 27.5 Å². The molecule has 0 bridgehead atoms. The van der Waals surface area contributed by atoms with Gasteiger partial charge in [0.1, 0.15) is 5.75 Å². The van der Waals surface area contributed by atoms with Gasteiger partial charge in [-0.2, -0.15) is 0 Å². The standard InChI is InChI=1S/C16H16BrClO2/c1-10-3-4-12(17)9-14(10)15(19)8-11-7-13(18)5-6-16(11)20-2/h3-7,9,15,19H,8H2,1-2H3. The average molecular weight is 356 g/mol. The average Bonchev–Trinajstić information content (AvgIpc) is 2.41. The summed E-state index contributed by atoms with van der Waals surface area (Å²) in [5.74, 6) is 0.737. The zero-order chi connectivity index (χ0) is 14.7. The number of rotatable bonds is 4. The first-order valence-corrected chi connectivity index (χ1v) is 7.45. The number of aryl methyl sites for hydroxylation is 1. The Balaban J connectivity index is 2.29. The van der Waals surface area contributed by atoms with Crippen molar-refractivity contribution < 1.29 is 9.84 Å². The Labute approximate surface area is 132 Å². The van der Waals surface area contributed by atoms with Gasteiger partial charge in [-0.1, -0.05) is 33.6 Å². The molecule has 0 heterocycles. The van der Waals surface area contributed by atoms with Gasteiger partial charge in [0.2, 0.25) is 0 Å². The van der Waals surface area contributed by atoms with E-state index in [2.05, 4.69) is 15.9 Å². The molecule has 0 aromatic heterocycles. The fourth-order valence-corrected chi connectivity index (χ4v) is 2.77. The molecule has 2 aromatic rings. The fourth-order valence-electron chi connectivity index (χ4n) is 2.20. The van der Waals surface area contributed by atoms with E-state index in [1.54, 1.807) is 13.2 Å². The van der Waals surface area contributed by atoms with Gasteiger partial charge >= 0.3 is 0 Å². The lowest BCUT2D eigenvalue weighted by atomic mass is 9.97. The molecule has 0 spiro atoms. The maximum Gasteiger partial charge on any atom is 0.122 e. The molecule has 4 heteroatoms. The van der Waals surface area contributed by atoms with Gasteiger partial charge in [-0.25, -0.2) is 0 Å². The molecule has 0 aliphatic carbocycles. The number of aliphatic hydroxyl groups excluding tert-OH is 1. The van der Waals surface area contributed by atoms with Crippen molar-refractivity contribution in [3.8, 4) is 5.75 Å². The number of halogens is 2. The van der Waals surface area contributed by atoms with E-state index in [1.807, 2.05) is 37.3 Å². The van der Waals surface area contributed by atoms with Crippen LogP contribution in [0.25, 0.3) is 0 Å². The summed E-state index contributed by atoms with van der Waals surface area (Å²) in [5, 5.41) is 11.1. The molecule has 0 aliphatic rings. The van der Waals surface area contributed by atoms with E-state index in [1.165, 1.54) is 0 Å². The van der Waals surface area contributed by atoms with Gasteiger partial charge in [0.15, 0.2) is 0 Å². The Morgan fingerprint density at radius 2 is 2.00 bits per heavy atom. The van der Waals surface area contributed by atoms with Gasteiger partial charge in [-0.15, -0.1) is 0 Å². The van der Waals surface area contributed by atoms with Gasteiger partial charge in [0.25, 0.3) is 0 Å². The van der Waals surface area contributed by atoms with Crippen molar-refractivity contribution in [2.45, 2.75) is 19.4 Å². The first-order chi connectivity index (χ1) is 9.51. The van der Waals surface area contributed by atoms with Crippen molar-refractivity contribution in [2.24, 2.45) is 0 Å². The minimum Gasteiger partial charge on any atom is -0.496 e. The molecule has 0 amide bonds. The molecule has 1 N–H and O–H groups in total. The molecular weight excluding hydrogens is 340 g/mol. The smallest absolute Gasteiger partial charge is 0.122 e. The zero-order valence-electron chi connectivity index (χ0n) is 11.4.